The summed E-state index contributed by atoms with van der Waals surface area (Å²) in [6.07, 6.45) is 0. The Bertz CT molecular complexity index is 3540. The molecule has 1 aliphatic carbocycles. The molecule has 11 aromatic carbocycles. The van der Waals surface area contributed by atoms with Crippen LogP contribution in [0.3, 0.4) is 0 Å². The Labute approximate surface area is 310 Å². The Hall–Kier alpha value is -7.52. The molecule has 12 rings (SSSR count). The number of hydrogen-bond acceptors (Lipinski definition) is 2. The molecule has 0 atom stereocenters. The van der Waals surface area contributed by atoms with E-state index in [0.29, 0.717) is 11.1 Å². The van der Waals surface area contributed by atoms with Gasteiger partial charge >= 0.3 is 0 Å². The number of fused-ring (bicyclic) bond motifs is 10. The molecule has 0 heterocycles. The van der Waals surface area contributed by atoms with Crippen molar-refractivity contribution >= 4 is 75.4 Å². The van der Waals surface area contributed by atoms with Crippen LogP contribution in [0.2, 0.25) is 0 Å². The van der Waals surface area contributed by atoms with Crippen LogP contribution >= 0.6 is 0 Å². The SMILES string of the molecule is N#Cc1ccc(-c2c3cc4c(cc3c(-c3ccc(C#N)cc3)c3c5ccccc5c5ccccc5c23)-c2cc3cccc5ccc6ccc-4c2c6c53)cc1. The van der Waals surface area contributed by atoms with Crippen LogP contribution in [-0.4, -0.2) is 0 Å². The van der Waals surface area contributed by atoms with E-state index >= 15 is 0 Å². The zero-order chi connectivity index (χ0) is 35.7. The van der Waals surface area contributed by atoms with Crippen LogP contribution in [0, 0.1) is 22.7 Å². The molecule has 0 saturated carbocycles. The average molecular weight is 679 g/mol. The van der Waals surface area contributed by atoms with Crippen LogP contribution in [0.5, 0.6) is 0 Å². The van der Waals surface area contributed by atoms with Gasteiger partial charge in [-0.1, -0.05) is 115 Å². The van der Waals surface area contributed by atoms with Crippen molar-refractivity contribution in [3.8, 4) is 56.6 Å². The molecule has 2 nitrogen and oxygen atoms in total. The molecule has 0 N–H and O–H groups in total. The van der Waals surface area contributed by atoms with E-state index in [1.165, 1.54) is 86.9 Å². The largest absolute Gasteiger partial charge is 0.192 e. The van der Waals surface area contributed by atoms with Gasteiger partial charge in [0, 0.05) is 0 Å². The molecule has 2 heteroatoms. The first kappa shape index (κ1) is 29.1. The van der Waals surface area contributed by atoms with Gasteiger partial charge in [0.2, 0.25) is 0 Å². The van der Waals surface area contributed by atoms with Crippen LogP contribution in [0.15, 0.2) is 158 Å². The van der Waals surface area contributed by atoms with Gasteiger partial charge in [0.25, 0.3) is 0 Å². The van der Waals surface area contributed by atoms with E-state index in [1.807, 2.05) is 24.3 Å². The maximum Gasteiger partial charge on any atom is 0.0991 e. The molecule has 0 unspecified atom stereocenters. The number of nitrogens with zero attached hydrogens (tertiary/aromatic N) is 2. The highest BCUT2D eigenvalue weighted by molar-refractivity contribution is 6.38. The van der Waals surface area contributed by atoms with Crippen LogP contribution in [0.4, 0.5) is 0 Å². The minimum absolute atomic E-state index is 0.637. The fourth-order valence-corrected chi connectivity index (χ4v) is 9.70. The summed E-state index contributed by atoms with van der Waals surface area (Å²) in [6, 6.07) is 61.4. The number of nitriles is 2. The highest BCUT2D eigenvalue weighted by atomic mass is 14.3. The van der Waals surface area contributed by atoms with E-state index in [4.69, 9.17) is 0 Å². The van der Waals surface area contributed by atoms with E-state index in [0.717, 1.165) is 33.0 Å². The van der Waals surface area contributed by atoms with E-state index in [1.54, 1.807) is 0 Å². The van der Waals surface area contributed by atoms with Crippen LogP contribution < -0.4 is 0 Å². The first-order valence-corrected chi connectivity index (χ1v) is 18.3. The second kappa shape index (κ2) is 10.5. The molecule has 0 spiro atoms. The van der Waals surface area contributed by atoms with Gasteiger partial charge < -0.3 is 0 Å². The van der Waals surface area contributed by atoms with Gasteiger partial charge in [-0.15, -0.1) is 0 Å². The van der Waals surface area contributed by atoms with Gasteiger partial charge in [0.05, 0.1) is 23.3 Å². The predicted molar refractivity (Wildman–Crippen MR) is 225 cm³/mol. The molecule has 0 aliphatic heterocycles. The lowest BCUT2D eigenvalue weighted by molar-refractivity contribution is 1.48. The Morgan fingerprint density at radius 2 is 0.778 bits per heavy atom. The topological polar surface area (TPSA) is 47.6 Å². The minimum Gasteiger partial charge on any atom is -0.192 e. The molecular weight excluding hydrogens is 653 g/mol. The maximum absolute atomic E-state index is 9.81. The van der Waals surface area contributed by atoms with Crippen LogP contribution in [0.1, 0.15) is 11.1 Å². The number of rotatable bonds is 2. The average Bonchev–Trinajstić information content (AvgIpc) is 3.55. The molecule has 0 aromatic heterocycles. The fraction of sp³-hybridized carbons (Fsp3) is 0. The second-order valence-corrected chi connectivity index (χ2v) is 14.6. The molecule has 244 valence electrons. The summed E-state index contributed by atoms with van der Waals surface area (Å²) in [5, 5.41) is 36.9. The highest BCUT2D eigenvalue weighted by Gasteiger charge is 2.28. The standard InChI is InChI=1S/C52H26N2/c53-27-29-12-16-32(17-13-29)47-44-25-41-40-23-22-34-21-20-31-6-5-7-35-24-43(50(40)49(34)46(31)35)42(41)26-45(44)48(33-18-14-30(28-54)15-19-33)52-39-11-4-2-9-37(39)36-8-1-3-10-38(36)51(47)52/h1-26H. The van der Waals surface area contributed by atoms with Gasteiger partial charge in [-0.2, -0.15) is 10.5 Å². The van der Waals surface area contributed by atoms with Crippen molar-refractivity contribution in [3.63, 3.8) is 0 Å². The normalized spacial score (nSPS) is 12.0. The minimum atomic E-state index is 0.637. The first-order chi connectivity index (χ1) is 26.7. The third-order valence-electron chi connectivity index (χ3n) is 11.9. The third-order valence-corrected chi connectivity index (χ3v) is 11.9. The summed E-state index contributed by atoms with van der Waals surface area (Å²) in [7, 11) is 0. The number of benzene rings is 11. The Kier molecular flexibility index (Phi) is 5.67. The van der Waals surface area contributed by atoms with Crippen LogP contribution in [-0.2, 0) is 0 Å². The summed E-state index contributed by atoms with van der Waals surface area (Å²) >= 11 is 0. The van der Waals surface area contributed by atoms with Crippen molar-refractivity contribution in [1.82, 2.24) is 0 Å². The zero-order valence-electron chi connectivity index (χ0n) is 28.9. The monoisotopic (exact) mass is 678 g/mol. The lowest BCUT2D eigenvalue weighted by atomic mass is 9.80. The molecule has 0 saturated heterocycles. The van der Waals surface area contributed by atoms with Gasteiger partial charge in [0.1, 0.15) is 0 Å². The summed E-state index contributed by atoms with van der Waals surface area (Å²) in [4.78, 5) is 0. The van der Waals surface area contributed by atoms with Gasteiger partial charge in [-0.3, -0.25) is 0 Å². The molecule has 0 fully saturated rings. The molecule has 54 heavy (non-hydrogen) atoms. The van der Waals surface area contributed by atoms with E-state index in [2.05, 4.69) is 146 Å². The second-order valence-electron chi connectivity index (χ2n) is 14.6. The van der Waals surface area contributed by atoms with Gasteiger partial charge in [0.15, 0.2) is 0 Å². The van der Waals surface area contributed by atoms with E-state index < -0.39 is 0 Å². The summed E-state index contributed by atoms with van der Waals surface area (Å²) in [5.41, 5.74) is 10.7. The summed E-state index contributed by atoms with van der Waals surface area (Å²) in [6.45, 7) is 0. The lowest BCUT2D eigenvalue weighted by Crippen LogP contribution is -1.95. The van der Waals surface area contributed by atoms with Crippen molar-refractivity contribution in [2.75, 3.05) is 0 Å². The Morgan fingerprint density at radius 1 is 0.296 bits per heavy atom. The van der Waals surface area contributed by atoms with Crippen molar-refractivity contribution < 1.29 is 0 Å². The molecular formula is C52H26N2. The Balaban J connectivity index is 1.35. The predicted octanol–water partition coefficient (Wildman–Crippen LogP) is 13.9. The smallest absolute Gasteiger partial charge is 0.0991 e. The van der Waals surface area contributed by atoms with E-state index in [-0.39, 0.29) is 0 Å². The third kappa shape index (κ3) is 3.71. The number of hydrogen-bond donors (Lipinski definition) is 0. The first-order valence-electron chi connectivity index (χ1n) is 18.3. The van der Waals surface area contributed by atoms with Crippen molar-refractivity contribution in [2.24, 2.45) is 0 Å². The molecule has 11 aromatic rings. The molecule has 0 radical (unpaired) electrons. The van der Waals surface area contributed by atoms with Crippen molar-refractivity contribution in [1.29, 1.82) is 10.5 Å². The summed E-state index contributed by atoms with van der Waals surface area (Å²) < 4.78 is 0. The van der Waals surface area contributed by atoms with Crippen molar-refractivity contribution in [3.05, 3.63) is 169 Å². The Morgan fingerprint density at radius 3 is 1.33 bits per heavy atom. The molecule has 0 amide bonds. The van der Waals surface area contributed by atoms with Crippen LogP contribution in [0.25, 0.3) is 120 Å². The fourth-order valence-electron chi connectivity index (χ4n) is 9.70. The summed E-state index contributed by atoms with van der Waals surface area (Å²) in [5.74, 6) is 0. The van der Waals surface area contributed by atoms with Gasteiger partial charge in [-0.05, 0) is 162 Å². The van der Waals surface area contributed by atoms with Crippen molar-refractivity contribution in [2.45, 2.75) is 0 Å². The molecule has 0 bridgehead atoms. The van der Waals surface area contributed by atoms with E-state index in [9.17, 15) is 10.5 Å². The van der Waals surface area contributed by atoms with Gasteiger partial charge in [-0.25, -0.2) is 0 Å². The maximum atomic E-state index is 9.81. The molecule has 1 aliphatic rings. The quantitative estimate of drug-likeness (QED) is 0.135. The lowest BCUT2D eigenvalue weighted by Gasteiger charge is -2.22. The highest BCUT2D eigenvalue weighted by Crippen LogP contribution is 2.56. The zero-order valence-corrected chi connectivity index (χ0v) is 28.9.